The Morgan fingerprint density at radius 1 is 1.44 bits per heavy atom. The summed E-state index contributed by atoms with van der Waals surface area (Å²) in [4.78, 5) is 6.08. The Labute approximate surface area is 155 Å². The first-order valence-corrected chi connectivity index (χ1v) is 8.56. The molecule has 132 valence electrons. The molecular formula is C17H18ClFN4OS. The average Bonchev–Trinajstić information content (AvgIpc) is 2.92. The van der Waals surface area contributed by atoms with Crippen molar-refractivity contribution >= 4 is 35.2 Å². The summed E-state index contributed by atoms with van der Waals surface area (Å²) in [6, 6.07) is 5.38. The van der Waals surface area contributed by atoms with E-state index in [9.17, 15) is 9.65 Å². The lowest BCUT2D eigenvalue weighted by Gasteiger charge is -2.12. The molecule has 1 aromatic heterocycles. The summed E-state index contributed by atoms with van der Waals surface area (Å²) in [7, 11) is 3.72. The molecule has 0 spiro atoms. The van der Waals surface area contributed by atoms with Crippen molar-refractivity contribution in [3.8, 4) is 16.9 Å². The summed E-state index contributed by atoms with van der Waals surface area (Å²) in [6.07, 6.45) is 1.65. The van der Waals surface area contributed by atoms with Gasteiger partial charge in [-0.3, -0.25) is 0 Å². The monoisotopic (exact) mass is 380 g/mol. The molecule has 2 aromatic rings. The summed E-state index contributed by atoms with van der Waals surface area (Å²) in [5.41, 5.74) is -0.154. The third kappa shape index (κ3) is 4.47. The zero-order chi connectivity index (χ0) is 18.8. The van der Waals surface area contributed by atoms with Gasteiger partial charge in [-0.15, -0.1) is 0 Å². The van der Waals surface area contributed by atoms with E-state index in [1.165, 1.54) is 13.8 Å². The molecule has 2 rings (SSSR count). The van der Waals surface area contributed by atoms with E-state index in [-0.39, 0.29) is 16.3 Å². The highest BCUT2D eigenvalue weighted by molar-refractivity contribution is 7.08. The Bertz CT molecular complexity index is 850. The van der Waals surface area contributed by atoms with E-state index in [1.807, 2.05) is 27.1 Å². The number of ether oxygens (including phenoxy) is 1. The van der Waals surface area contributed by atoms with E-state index in [2.05, 4.69) is 9.37 Å². The molecule has 0 fully saturated rings. The maximum atomic E-state index is 14.2. The molecule has 0 amide bonds. The summed E-state index contributed by atoms with van der Waals surface area (Å²) in [6.45, 7) is 4.55. The smallest absolute Gasteiger partial charge is 0.218 e. The van der Waals surface area contributed by atoms with Gasteiger partial charge in [-0.25, -0.2) is 9.38 Å². The van der Waals surface area contributed by atoms with Gasteiger partial charge in [-0.05, 0) is 32.4 Å². The van der Waals surface area contributed by atoms with Crippen LogP contribution in [0.5, 0.6) is 10.8 Å². The van der Waals surface area contributed by atoms with Crippen LogP contribution >= 0.6 is 23.1 Å². The molecule has 0 aliphatic rings. The van der Waals surface area contributed by atoms with E-state index in [0.717, 1.165) is 17.1 Å². The lowest BCUT2D eigenvalue weighted by molar-refractivity contribution is 0.215. The highest BCUT2D eigenvalue weighted by Gasteiger charge is 2.29. The largest absolute Gasteiger partial charge is 0.443 e. The fraction of sp³-hybridized carbons (Fsp3) is 0.353. The van der Waals surface area contributed by atoms with Crippen molar-refractivity contribution in [2.45, 2.75) is 26.4 Å². The summed E-state index contributed by atoms with van der Waals surface area (Å²) in [5.74, 6) is 0.470. The van der Waals surface area contributed by atoms with Gasteiger partial charge in [0.1, 0.15) is 28.7 Å². The first-order valence-electron chi connectivity index (χ1n) is 7.41. The number of alkyl halides is 1. The lowest BCUT2D eigenvalue weighted by Crippen LogP contribution is -2.11. The van der Waals surface area contributed by atoms with E-state index in [4.69, 9.17) is 16.3 Å². The second-order valence-electron chi connectivity index (χ2n) is 6.16. The lowest BCUT2D eigenvalue weighted by atomic mass is 10.0. The van der Waals surface area contributed by atoms with E-state index in [0.29, 0.717) is 16.5 Å². The zero-order valence-corrected chi connectivity index (χ0v) is 16.2. The molecule has 1 heterocycles. The second kappa shape index (κ2) is 7.38. The molecule has 0 atom stereocenters. The number of aromatic nitrogens is 1. The quantitative estimate of drug-likeness (QED) is 0.528. The normalized spacial score (nSPS) is 11.6. The first-order chi connectivity index (χ1) is 11.6. The molecule has 1 aromatic carbocycles. The summed E-state index contributed by atoms with van der Waals surface area (Å²) >= 11 is 7.19. The minimum Gasteiger partial charge on any atom is -0.443 e. The minimum absolute atomic E-state index is 0.0750. The van der Waals surface area contributed by atoms with Crippen LogP contribution in [0.4, 0.5) is 10.1 Å². The molecule has 0 unspecified atom stereocenters. The molecule has 0 aliphatic carbocycles. The van der Waals surface area contributed by atoms with Crippen LogP contribution in [-0.4, -0.2) is 29.7 Å². The maximum Gasteiger partial charge on any atom is 0.218 e. The Hall–Kier alpha value is -2.17. The number of benzene rings is 1. The van der Waals surface area contributed by atoms with Crippen molar-refractivity contribution in [3.63, 3.8) is 0 Å². The fourth-order valence-corrected chi connectivity index (χ4v) is 3.03. The summed E-state index contributed by atoms with van der Waals surface area (Å²) < 4.78 is 24.0. The Kier molecular flexibility index (Phi) is 5.65. The number of nitriles is 1. The molecule has 0 saturated heterocycles. The van der Waals surface area contributed by atoms with Gasteiger partial charge in [0.25, 0.3) is 0 Å². The molecule has 0 N–H and O–H groups in total. The van der Waals surface area contributed by atoms with Gasteiger partial charge in [0.2, 0.25) is 5.06 Å². The first kappa shape index (κ1) is 19.2. The van der Waals surface area contributed by atoms with Gasteiger partial charge < -0.3 is 9.64 Å². The highest BCUT2D eigenvalue weighted by atomic mass is 35.5. The van der Waals surface area contributed by atoms with Crippen LogP contribution in [-0.2, 0) is 5.67 Å². The zero-order valence-electron chi connectivity index (χ0n) is 14.6. The van der Waals surface area contributed by atoms with Crippen LogP contribution in [0.1, 0.15) is 30.7 Å². The minimum atomic E-state index is -1.72. The topological polar surface area (TPSA) is 61.5 Å². The van der Waals surface area contributed by atoms with E-state index < -0.39 is 5.67 Å². The van der Waals surface area contributed by atoms with Crippen molar-refractivity contribution < 1.29 is 9.13 Å². The predicted molar refractivity (Wildman–Crippen MR) is 99.1 cm³/mol. The Morgan fingerprint density at radius 2 is 2.12 bits per heavy atom. The molecule has 8 heteroatoms. The number of hydrogen-bond acceptors (Lipinski definition) is 5. The molecule has 25 heavy (non-hydrogen) atoms. The van der Waals surface area contributed by atoms with Gasteiger partial charge in [-0.2, -0.15) is 9.64 Å². The Morgan fingerprint density at radius 3 is 2.68 bits per heavy atom. The number of hydrogen-bond donors (Lipinski definition) is 0. The average molecular weight is 381 g/mol. The number of rotatable bonds is 5. The molecule has 0 radical (unpaired) electrons. The van der Waals surface area contributed by atoms with Crippen molar-refractivity contribution in [2.24, 2.45) is 4.99 Å². The highest BCUT2D eigenvalue weighted by Crippen LogP contribution is 2.40. The molecular weight excluding hydrogens is 363 g/mol. The predicted octanol–water partition coefficient (Wildman–Crippen LogP) is 5.19. The van der Waals surface area contributed by atoms with Crippen molar-refractivity contribution in [1.82, 2.24) is 9.27 Å². The number of aliphatic imine (C=N–C) groups is 1. The summed E-state index contributed by atoms with van der Waals surface area (Å²) in [5, 5.41) is 9.99. The molecule has 0 bridgehead atoms. The van der Waals surface area contributed by atoms with Crippen LogP contribution in [0.3, 0.4) is 0 Å². The second-order valence-corrected chi connectivity index (χ2v) is 7.30. The van der Waals surface area contributed by atoms with Crippen LogP contribution in [0, 0.1) is 18.3 Å². The standard InChI is InChI=1S/C17H18ClFN4OS/c1-10-6-13(21-9-23(4)5)12(18)7-14(10)24-16-11(8-20)15(22-25-16)17(2,3)19/h6-7,9H,1-5H3. The van der Waals surface area contributed by atoms with Gasteiger partial charge in [-0.1, -0.05) is 11.6 Å². The van der Waals surface area contributed by atoms with E-state index >= 15 is 0 Å². The fourth-order valence-electron chi connectivity index (χ4n) is 1.98. The van der Waals surface area contributed by atoms with Crippen molar-refractivity contribution in [3.05, 3.63) is 34.0 Å². The van der Waals surface area contributed by atoms with Crippen LogP contribution in [0.25, 0.3) is 0 Å². The van der Waals surface area contributed by atoms with Gasteiger partial charge in [0.15, 0.2) is 0 Å². The number of nitrogens with zero attached hydrogens (tertiary/aromatic N) is 4. The van der Waals surface area contributed by atoms with Gasteiger partial charge in [0.05, 0.1) is 17.0 Å². The Balaban J connectivity index is 2.38. The molecule has 0 aliphatic heterocycles. The SMILES string of the molecule is Cc1cc(N=CN(C)C)c(Cl)cc1Oc1snc(C(C)(C)F)c1C#N. The molecule has 5 nitrogen and oxygen atoms in total. The van der Waals surface area contributed by atoms with Crippen molar-refractivity contribution in [1.29, 1.82) is 5.26 Å². The van der Waals surface area contributed by atoms with E-state index in [1.54, 1.807) is 23.4 Å². The van der Waals surface area contributed by atoms with Crippen molar-refractivity contribution in [2.75, 3.05) is 14.1 Å². The third-order valence-corrected chi connectivity index (χ3v) is 4.24. The number of halogens is 2. The maximum absolute atomic E-state index is 14.2. The van der Waals surface area contributed by atoms with Gasteiger partial charge in [0, 0.05) is 31.7 Å². The van der Waals surface area contributed by atoms with Gasteiger partial charge >= 0.3 is 0 Å². The third-order valence-electron chi connectivity index (χ3n) is 3.21. The van der Waals surface area contributed by atoms with Crippen LogP contribution < -0.4 is 4.74 Å². The number of aryl methyl sites for hydroxylation is 1. The molecule has 0 saturated carbocycles. The van der Waals surface area contributed by atoms with Crippen LogP contribution in [0.15, 0.2) is 17.1 Å². The van der Waals surface area contributed by atoms with Crippen LogP contribution in [0.2, 0.25) is 5.02 Å².